The summed E-state index contributed by atoms with van der Waals surface area (Å²) in [6.07, 6.45) is 1.50. The molecule has 2 heterocycles. The predicted octanol–water partition coefficient (Wildman–Crippen LogP) is 0.544. The van der Waals surface area contributed by atoms with Crippen molar-refractivity contribution >= 4 is 11.6 Å². The van der Waals surface area contributed by atoms with E-state index >= 15 is 0 Å². The summed E-state index contributed by atoms with van der Waals surface area (Å²) in [5.74, 6) is 0.160. The van der Waals surface area contributed by atoms with E-state index in [4.69, 9.17) is 4.42 Å². The quantitative estimate of drug-likeness (QED) is 0.867. The molecule has 2 aromatic rings. The molecule has 0 bridgehead atoms. The molecule has 1 amide bonds. The number of rotatable bonds is 4. The summed E-state index contributed by atoms with van der Waals surface area (Å²) < 4.78 is 5.07. The number of nitrogens with one attached hydrogen (secondary N) is 2. The van der Waals surface area contributed by atoms with Gasteiger partial charge in [-0.05, 0) is 29.8 Å². The molecule has 22 heavy (non-hydrogen) atoms. The van der Waals surface area contributed by atoms with Crippen molar-refractivity contribution in [1.29, 1.82) is 0 Å². The van der Waals surface area contributed by atoms with Crippen LogP contribution in [0.4, 0.5) is 5.69 Å². The van der Waals surface area contributed by atoms with Gasteiger partial charge in [0.25, 0.3) is 5.91 Å². The Balaban J connectivity index is 1.54. The van der Waals surface area contributed by atoms with Gasteiger partial charge in [0.05, 0.1) is 39.5 Å². The predicted molar refractivity (Wildman–Crippen MR) is 85.2 cm³/mol. The van der Waals surface area contributed by atoms with E-state index in [-0.39, 0.29) is 5.91 Å². The number of nitrogens with zero attached hydrogens (tertiary/aromatic N) is 1. The Morgan fingerprint density at radius 3 is 2.59 bits per heavy atom. The van der Waals surface area contributed by atoms with Crippen molar-refractivity contribution in [3.05, 3.63) is 54.0 Å². The summed E-state index contributed by atoms with van der Waals surface area (Å²) in [6, 6.07) is 11.8. The van der Waals surface area contributed by atoms with Crippen LogP contribution in [-0.2, 0) is 6.54 Å². The number of furan rings is 1. The van der Waals surface area contributed by atoms with Crippen LogP contribution >= 0.6 is 0 Å². The lowest BCUT2D eigenvalue weighted by Gasteiger charge is -2.31. The van der Waals surface area contributed by atoms with Gasteiger partial charge in [-0.3, -0.25) is 4.79 Å². The Morgan fingerprint density at radius 2 is 1.95 bits per heavy atom. The maximum Gasteiger partial charge on any atom is 0.287 e. The van der Waals surface area contributed by atoms with Crippen molar-refractivity contribution in [3.63, 3.8) is 0 Å². The zero-order chi connectivity index (χ0) is 15.4. The summed E-state index contributed by atoms with van der Waals surface area (Å²) in [5, 5.41) is 2.86. The molecule has 5 heteroatoms. The maximum atomic E-state index is 11.8. The first-order valence-corrected chi connectivity index (χ1v) is 7.69. The molecule has 1 aliphatic heterocycles. The molecule has 0 aliphatic carbocycles. The highest BCUT2D eigenvalue weighted by Crippen LogP contribution is 2.15. The van der Waals surface area contributed by atoms with Crippen molar-refractivity contribution < 1.29 is 14.1 Å². The normalized spacial score (nSPS) is 15.8. The van der Waals surface area contributed by atoms with Crippen LogP contribution in [0.3, 0.4) is 0 Å². The minimum absolute atomic E-state index is 0.184. The molecule has 1 aromatic heterocycles. The lowest BCUT2D eigenvalue weighted by Crippen LogP contribution is -3.12. The number of carbonyl (C=O) groups is 1. The zero-order valence-electron chi connectivity index (χ0n) is 12.8. The maximum absolute atomic E-state index is 11.8. The van der Waals surface area contributed by atoms with E-state index in [1.807, 2.05) is 0 Å². The largest absolute Gasteiger partial charge is 0.459 e. The van der Waals surface area contributed by atoms with Crippen LogP contribution in [0.2, 0.25) is 0 Å². The number of amides is 1. The van der Waals surface area contributed by atoms with E-state index in [1.165, 1.54) is 25.0 Å². The van der Waals surface area contributed by atoms with Crippen LogP contribution in [0.5, 0.6) is 0 Å². The van der Waals surface area contributed by atoms with Gasteiger partial charge in [0.1, 0.15) is 0 Å². The van der Waals surface area contributed by atoms with Crippen molar-refractivity contribution in [2.24, 2.45) is 0 Å². The minimum Gasteiger partial charge on any atom is -0.459 e. The first-order chi connectivity index (χ1) is 10.7. The second kappa shape index (κ2) is 6.66. The topological polar surface area (TPSA) is 49.9 Å². The number of likely N-dealkylation sites (N-methyl/N-ethyl adjacent to an activating group) is 1. The average Bonchev–Trinajstić information content (AvgIpc) is 3.08. The molecule has 2 N–H and O–H groups in total. The van der Waals surface area contributed by atoms with Crippen molar-refractivity contribution in [1.82, 2.24) is 5.32 Å². The zero-order valence-corrected chi connectivity index (χ0v) is 12.8. The Labute approximate surface area is 130 Å². The molecule has 1 aliphatic rings. The molecule has 0 atom stereocenters. The van der Waals surface area contributed by atoms with E-state index in [2.05, 4.69) is 41.5 Å². The Morgan fingerprint density at radius 1 is 1.23 bits per heavy atom. The molecule has 5 nitrogen and oxygen atoms in total. The Kier molecular flexibility index (Phi) is 4.44. The van der Waals surface area contributed by atoms with Gasteiger partial charge in [-0.25, -0.2) is 0 Å². The van der Waals surface area contributed by atoms with Crippen LogP contribution < -0.4 is 15.1 Å². The fourth-order valence-electron chi connectivity index (χ4n) is 2.65. The van der Waals surface area contributed by atoms with Gasteiger partial charge in [-0.15, -0.1) is 0 Å². The number of hydrogen-bond acceptors (Lipinski definition) is 3. The van der Waals surface area contributed by atoms with Gasteiger partial charge in [0, 0.05) is 12.2 Å². The first-order valence-electron chi connectivity index (χ1n) is 7.69. The molecule has 116 valence electrons. The van der Waals surface area contributed by atoms with E-state index < -0.39 is 0 Å². The highest BCUT2D eigenvalue weighted by molar-refractivity contribution is 5.91. The standard InChI is InChI=1S/C17H21N3O2/c1-19-8-10-20(11-9-19)15-6-4-14(5-7-15)13-18-17(21)16-3-2-12-22-16/h2-7,12H,8-11,13H2,1H3,(H,18,21)/p+1. The van der Waals surface area contributed by atoms with Gasteiger partial charge in [0.2, 0.25) is 0 Å². The number of quaternary nitrogens is 1. The molecule has 0 spiro atoms. The third-order valence-corrected chi connectivity index (χ3v) is 4.12. The summed E-state index contributed by atoms with van der Waals surface area (Å²) in [7, 11) is 2.24. The summed E-state index contributed by atoms with van der Waals surface area (Å²) >= 11 is 0. The van der Waals surface area contributed by atoms with Crippen LogP contribution in [0.1, 0.15) is 16.1 Å². The van der Waals surface area contributed by atoms with Crippen LogP contribution in [0.15, 0.2) is 47.1 Å². The molecule has 3 rings (SSSR count). The van der Waals surface area contributed by atoms with E-state index in [9.17, 15) is 4.79 Å². The summed E-state index contributed by atoms with van der Waals surface area (Å²) in [4.78, 5) is 15.8. The van der Waals surface area contributed by atoms with Gasteiger partial charge < -0.3 is 19.5 Å². The van der Waals surface area contributed by atoms with Gasteiger partial charge in [-0.2, -0.15) is 0 Å². The average molecular weight is 300 g/mol. The van der Waals surface area contributed by atoms with Crippen LogP contribution in [0.25, 0.3) is 0 Å². The lowest BCUT2D eigenvalue weighted by atomic mass is 10.1. The molecule has 0 radical (unpaired) electrons. The number of hydrogen-bond donors (Lipinski definition) is 2. The van der Waals surface area contributed by atoms with Crippen molar-refractivity contribution in [3.8, 4) is 0 Å². The molecule has 1 aromatic carbocycles. The summed E-state index contributed by atoms with van der Waals surface area (Å²) in [6.45, 7) is 5.06. The van der Waals surface area contributed by atoms with Gasteiger partial charge in [-0.1, -0.05) is 12.1 Å². The van der Waals surface area contributed by atoms with Gasteiger partial charge in [0.15, 0.2) is 5.76 Å². The lowest BCUT2D eigenvalue weighted by molar-refractivity contribution is -0.880. The smallest absolute Gasteiger partial charge is 0.287 e. The van der Waals surface area contributed by atoms with Crippen LogP contribution in [-0.4, -0.2) is 39.1 Å². The van der Waals surface area contributed by atoms with Crippen LogP contribution in [0, 0.1) is 0 Å². The number of anilines is 1. The molecule has 1 fully saturated rings. The van der Waals surface area contributed by atoms with Crippen molar-refractivity contribution in [2.75, 3.05) is 38.1 Å². The monoisotopic (exact) mass is 300 g/mol. The molecule has 0 unspecified atom stereocenters. The Bertz CT molecular complexity index is 599. The third-order valence-electron chi connectivity index (χ3n) is 4.12. The number of piperazine rings is 1. The third kappa shape index (κ3) is 3.49. The molecular weight excluding hydrogens is 278 g/mol. The fraction of sp³-hybridized carbons (Fsp3) is 0.353. The highest BCUT2D eigenvalue weighted by atomic mass is 16.3. The van der Waals surface area contributed by atoms with E-state index in [0.29, 0.717) is 12.3 Å². The van der Waals surface area contributed by atoms with Gasteiger partial charge >= 0.3 is 0 Å². The van der Waals surface area contributed by atoms with E-state index in [0.717, 1.165) is 18.7 Å². The molecule has 0 saturated carbocycles. The fourth-order valence-corrected chi connectivity index (χ4v) is 2.65. The minimum atomic E-state index is -0.184. The second-order valence-corrected chi connectivity index (χ2v) is 5.77. The SMILES string of the molecule is C[NH+]1CCN(c2ccc(CNC(=O)c3ccco3)cc2)CC1. The Hall–Kier alpha value is -2.27. The van der Waals surface area contributed by atoms with E-state index in [1.54, 1.807) is 17.0 Å². The molecular formula is C17H22N3O2+. The van der Waals surface area contributed by atoms with Crippen molar-refractivity contribution in [2.45, 2.75) is 6.54 Å². The highest BCUT2D eigenvalue weighted by Gasteiger charge is 2.16. The summed E-state index contributed by atoms with van der Waals surface area (Å²) in [5.41, 5.74) is 2.34. The first kappa shape index (κ1) is 14.7. The second-order valence-electron chi connectivity index (χ2n) is 5.77. The number of carbonyl (C=O) groups excluding carboxylic acids is 1. The number of benzene rings is 1. The molecule has 1 saturated heterocycles.